The molecule has 2 aromatic carbocycles. The van der Waals surface area contributed by atoms with Crippen LogP contribution in [-0.2, 0) is 11.3 Å². The molecule has 2 aliphatic rings. The Kier molecular flexibility index (Phi) is 5.62. The summed E-state index contributed by atoms with van der Waals surface area (Å²) in [6.45, 7) is 5.77. The number of carbonyl (C=O) groups is 2. The molecule has 1 unspecified atom stereocenters. The minimum Gasteiger partial charge on any atom is -0.336 e. The maximum Gasteiger partial charge on any atom is 0.253 e. The lowest BCUT2D eigenvalue weighted by molar-refractivity contribution is -0.142. The number of aryl methyl sites for hydroxylation is 1. The minimum absolute atomic E-state index is 0.0148. The highest BCUT2D eigenvalue weighted by molar-refractivity contribution is 5.95. The summed E-state index contributed by atoms with van der Waals surface area (Å²) in [5, 5.41) is 0. The normalized spacial score (nSPS) is 20.3. The Morgan fingerprint density at radius 1 is 1.07 bits per heavy atom. The molecular formula is C23H26FN3O2. The van der Waals surface area contributed by atoms with Gasteiger partial charge in [-0.15, -0.1) is 0 Å². The molecule has 2 aromatic rings. The Morgan fingerprint density at radius 3 is 2.62 bits per heavy atom. The molecule has 2 heterocycles. The van der Waals surface area contributed by atoms with E-state index in [4.69, 9.17) is 0 Å². The topological polar surface area (TPSA) is 43.9 Å². The Hall–Kier alpha value is -2.73. The van der Waals surface area contributed by atoms with E-state index in [1.807, 2.05) is 41.0 Å². The molecular weight excluding hydrogens is 369 g/mol. The molecule has 2 amide bonds. The van der Waals surface area contributed by atoms with E-state index >= 15 is 0 Å². The zero-order valence-corrected chi connectivity index (χ0v) is 16.7. The number of piperazine rings is 1. The molecule has 0 aromatic heterocycles. The van der Waals surface area contributed by atoms with E-state index in [2.05, 4.69) is 4.90 Å². The summed E-state index contributed by atoms with van der Waals surface area (Å²) in [4.78, 5) is 32.1. The highest BCUT2D eigenvalue weighted by Crippen LogP contribution is 2.20. The number of hydrogen-bond donors (Lipinski definition) is 0. The monoisotopic (exact) mass is 395 g/mol. The number of carbonyl (C=O) groups excluding carboxylic acids is 2. The SMILES string of the molecule is Cc1cccc(C(=O)N2CCCN3CCN(Cc4ccc(F)cc4)C(=O)C3C2)c1. The maximum atomic E-state index is 13.2. The van der Waals surface area contributed by atoms with Gasteiger partial charge in [0, 0.05) is 44.8 Å². The summed E-state index contributed by atoms with van der Waals surface area (Å²) in [6.07, 6.45) is 0.860. The van der Waals surface area contributed by atoms with Gasteiger partial charge in [0.15, 0.2) is 0 Å². The van der Waals surface area contributed by atoms with Gasteiger partial charge < -0.3 is 9.80 Å². The summed E-state index contributed by atoms with van der Waals surface area (Å²) >= 11 is 0. The van der Waals surface area contributed by atoms with Crippen LogP contribution in [0.5, 0.6) is 0 Å². The molecule has 6 heteroatoms. The summed E-state index contributed by atoms with van der Waals surface area (Å²) in [5.74, 6) is -0.248. The molecule has 2 aliphatic heterocycles. The van der Waals surface area contributed by atoms with Crippen LogP contribution >= 0.6 is 0 Å². The van der Waals surface area contributed by atoms with Crippen LogP contribution in [0.4, 0.5) is 4.39 Å². The quantitative estimate of drug-likeness (QED) is 0.803. The van der Waals surface area contributed by atoms with E-state index in [0.29, 0.717) is 31.7 Å². The van der Waals surface area contributed by atoms with E-state index in [9.17, 15) is 14.0 Å². The molecule has 0 spiro atoms. The van der Waals surface area contributed by atoms with Crippen molar-refractivity contribution < 1.29 is 14.0 Å². The third-order valence-electron chi connectivity index (χ3n) is 5.80. The van der Waals surface area contributed by atoms with E-state index in [-0.39, 0.29) is 23.7 Å². The molecule has 152 valence electrons. The van der Waals surface area contributed by atoms with Crippen LogP contribution in [-0.4, -0.2) is 65.3 Å². The predicted octanol–water partition coefficient (Wildman–Crippen LogP) is 2.69. The zero-order chi connectivity index (χ0) is 20.4. The summed E-state index contributed by atoms with van der Waals surface area (Å²) in [5.41, 5.74) is 2.63. The van der Waals surface area contributed by atoms with E-state index in [1.54, 1.807) is 12.1 Å². The fourth-order valence-corrected chi connectivity index (χ4v) is 4.22. The van der Waals surface area contributed by atoms with Crippen LogP contribution in [0.3, 0.4) is 0 Å². The van der Waals surface area contributed by atoms with Gasteiger partial charge in [-0.25, -0.2) is 4.39 Å². The van der Waals surface area contributed by atoms with Crippen molar-refractivity contribution in [2.45, 2.75) is 25.9 Å². The summed E-state index contributed by atoms with van der Waals surface area (Å²) in [6, 6.07) is 13.6. The van der Waals surface area contributed by atoms with Gasteiger partial charge in [-0.1, -0.05) is 29.8 Å². The third kappa shape index (κ3) is 4.32. The average Bonchev–Trinajstić information content (AvgIpc) is 2.94. The highest BCUT2D eigenvalue weighted by atomic mass is 19.1. The fraction of sp³-hybridized carbons (Fsp3) is 0.391. The molecule has 2 saturated heterocycles. The average molecular weight is 395 g/mol. The van der Waals surface area contributed by atoms with Gasteiger partial charge in [0.2, 0.25) is 5.91 Å². The Morgan fingerprint density at radius 2 is 1.86 bits per heavy atom. The van der Waals surface area contributed by atoms with Crippen LogP contribution < -0.4 is 0 Å². The summed E-state index contributed by atoms with van der Waals surface area (Å²) in [7, 11) is 0. The Balaban J connectivity index is 1.49. The first-order chi connectivity index (χ1) is 14.0. The molecule has 29 heavy (non-hydrogen) atoms. The molecule has 0 saturated carbocycles. The van der Waals surface area contributed by atoms with Gasteiger partial charge in [-0.05, 0) is 43.2 Å². The Bertz CT molecular complexity index is 899. The molecule has 0 radical (unpaired) electrons. The second-order valence-corrected chi connectivity index (χ2v) is 7.91. The van der Waals surface area contributed by atoms with Crippen LogP contribution in [0.25, 0.3) is 0 Å². The number of halogens is 1. The molecule has 5 nitrogen and oxygen atoms in total. The highest BCUT2D eigenvalue weighted by Gasteiger charge is 2.38. The molecule has 0 aliphatic carbocycles. The van der Waals surface area contributed by atoms with Crippen molar-refractivity contribution in [3.8, 4) is 0 Å². The first-order valence-electron chi connectivity index (χ1n) is 10.1. The van der Waals surface area contributed by atoms with Crippen LogP contribution in [0, 0.1) is 12.7 Å². The lowest BCUT2D eigenvalue weighted by Gasteiger charge is -2.40. The second kappa shape index (κ2) is 8.33. The first kappa shape index (κ1) is 19.6. The van der Waals surface area contributed by atoms with Crippen molar-refractivity contribution >= 4 is 11.8 Å². The smallest absolute Gasteiger partial charge is 0.253 e. The molecule has 0 bridgehead atoms. The van der Waals surface area contributed by atoms with Crippen LogP contribution in [0.2, 0.25) is 0 Å². The predicted molar refractivity (Wildman–Crippen MR) is 109 cm³/mol. The van der Waals surface area contributed by atoms with Gasteiger partial charge in [0.25, 0.3) is 5.91 Å². The van der Waals surface area contributed by atoms with Gasteiger partial charge in [0.1, 0.15) is 11.9 Å². The lowest BCUT2D eigenvalue weighted by Crippen LogP contribution is -2.59. The van der Waals surface area contributed by atoms with Crippen molar-refractivity contribution in [2.75, 3.05) is 32.7 Å². The van der Waals surface area contributed by atoms with Crippen molar-refractivity contribution in [3.05, 3.63) is 71.0 Å². The molecule has 0 N–H and O–H groups in total. The van der Waals surface area contributed by atoms with Crippen molar-refractivity contribution in [3.63, 3.8) is 0 Å². The second-order valence-electron chi connectivity index (χ2n) is 7.91. The number of hydrogen-bond acceptors (Lipinski definition) is 3. The van der Waals surface area contributed by atoms with Crippen molar-refractivity contribution in [1.29, 1.82) is 0 Å². The van der Waals surface area contributed by atoms with E-state index in [1.165, 1.54) is 12.1 Å². The number of nitrogens with zero attached hydrogens (tertiary/aromatic N) is 3. The molecule has 4 rings (SSSR count). The maximum absolute atomic E-state index is 13.2. The number of fused-ring (bicyclic) bond motifs is 1. The van der Waals surface area contributed by atoms with Crippen molar-refractivity contribution in [1.82, 2.24) is 14.7 Å². The summed E-state index contributed by atoms with van der Waals surface area (Å²) < 4.78 is 13.2. The van der Waals surface area contributed by atoms with E-state index < -0.39 is 0 Å². The first-order valence-corrected chi connectivity index (χ1v) is 10.1. The van der Waals surface area contributed by atoms with Gasteiger partial charge in [-0.2, -0.15) is 0 Å². The van der Waals surface area contributed by atoms with Gasteiger partial charge in [-0.3, -0.25) is 14.5 Å². The van der Waals surface area contributed by atoms with Gasteiger partial charge in [0.05, 0.1) is 0 Å². The molecule has 2 fully saturated rings. The largest absolute Gasteiger partial charge is 0.336 e. The van der Waals surface area contributed by atoms with Crippen molar-refractivity contribution in [2.24, 2.45) is 0 Å². The lowest BCUT2D eigenvalue weighted by atomic mass is 10.1. The van der Waals surface area contributed by atoms with E-state index in [0.717, 1.165) is 30.6 Å². The van der Waals surface area contributed by atoms with Gasteiger partial charge >= 0.3 is 0 Å². The number of benzene rings is 2. The van der Waals surface area contributed by atoms with Crippen LogP contribution in [0.1, 0.15) is 27.9 Å². The Labute approximate surface area is 170 Å². The van der Waals surface area contributed by atoms with Crippen LogP contribution in [0.15, 0.2) is 48.5 Å². The fourth-order valence-electron chi connectivity index (χ4n) is 4.22. The number of rotatable bonds is 3. The zero-order valence-electron chi connectivity index (χ0n) is 16.7. The standard InChI is InChI=1S/C23H26FN3O2/c1-17-4-2-5-19(14-17)22(28)26-11-3-10-25-12-13-27(23(29)21(25)16-26)15-18-6-8-20(24)9-7-18/h2,4-9,14,21H,3,10-13,15-16H2,1H3. The third-order valence-corrected chi connectivity index (χ3v) is 5.80. The number of amides is 2. The molecule has 1 atom stereocenters. The minimum atomic E-state index is -0.319.